The summed E-state index contributed by atoms with van der Waals surface area (Å²) in [5, 5.41) is 0. The summed E-state index contributed by atoms with van der Waals surface area (Å²) in [5.74, 6) is 2.91. The summed E-state index contributed by atoms with van der Waals surface area (Å²) in [6.45, 7) is 5.30. The van der Waals surface area contributed by atoms with Crippen molar-refractivity contribution in [2.75, 3.05) is 6.61 Å². The van der Waals surface area contributed by atoms with Crippen LogP contribution in [0.15, 0.2) is 12.2 Å². The molecule has 2 fully saturated rings. The molecule has 2 aliphatic carbocycles. The van der Waals surface area contributed by atoms with E-state index in [4.69, 9.17) is 4.74 Å². The second kappa shape index (κ2) is 9.66. The van der Waals surface area contributed by atoms with Crippen molar-refractivity contribution in [3.8, 4) is 0 Å². The van der Waals surface area contributed by atoms with E-state index in [1.54, 1.807) is 0 Å². The van der Waals surface area contributed by atoms with Crippen molar-refractivity contribution in [1.82, 2.24) is 0 Å². The minimum Gasteiger partial charge on any atom is -0.379 e. The van der Waals surface area contributed by atoms with Gasteiger partial charge in [0.25, 0.3) is 0 Å². The van der Waals surface area contributed by atoms with Crippen LogP contribution >= 0.6 is 0 Å². The Bertz CT molecular complexity index is 280. The number of ether oxygens (including phenoxy) is 1. The van der Waals surface area contributed by atoms with Gasteiger partial charge in [-0.05, 0) is 82.5 Å². The number of unbranched alkanes of at least 4 members (excludes halogenated alkanes) is 2. The van der Waals surface area contributed by atoms with Crippen molar-refractivity contribution in [3.63, 3.8) is 0 Å². The fraction of sp³-hybridized carbons (Fsp3) is 0.900. The summed E-state index contributed by atoms with van der Waals surface area (Å²) in [7, 11) is 0. The van der Waals surface area contributed by atoms with Crippen LogP contribution in [0.1, 0.15) is 84.5 Å². The van der Waals surface area contributed by atoms with Gasteiger partial charge in [-0.1, -0.05) is 31.9 Å². The van der Waals surface area contributed by atoms with Gasteiger partial charge in [-0.2, -0.15) is 0 Å². The highest BCUT2D eigenvalue weighted by Gasteiger charge is 2.30. The Morgan fingerprint density at radius 3 is 2.05 bits per heavy atom. The molecule has 0 N–H and O–H groups in total. The highest BCUT2D eigenvalue weighted by Crippen LogP contribution is 2.40. The summed E-state index contributed by atoms with van der Waals surface area (Å²) in [5.41, 5.74) is 0. The predicted molar refractivity (Wildman–Crippen MR) is 91.5 cm³/mol. The smallest absolute Gasteiger partial charge is 0.0575 e. The molecule has 0 spiro atoms. The largest absolute Gasteiger partial charge is 0.379 e. The van der Waals surface area contributed by atoms with E-state index in [1.165, 1.54) is 70.6 Å². The summed E-state index contributed by atoms with van der Waals surface area (Å²) in [6.07, 6.45) is 20.8. The van der Waals surface area contributed by atoms with Crippen LogP contribution in [0.3, 0.4) is 0 Å². The maximum atomic E-state index is 5.79. The molecule has 21 heavy (non-hydrogen) atoms. The Kier molecular flexibility index (Phi) is 7.85. The first-order valence-electron chi connectivity index (χ1n) is 9.61. The van der Waals surface area contributed by atoms with Crippen LogP contribution in [0.4, 0.5) is 0 Å². The zero-order valence-electron chi connectivity index (χ0n) is 14.4. The molecular formula is C20H36O. The zero-order chi connectivity index (χ0) is 14.9. The lowest BCUT2D eigenvalue weighted by Gasteiger charge is -2.37. The van der Waals surface area contributed by atoms with Crippen molar-refractivity contribution in [1.29, 1.82) is 0 Å². The second-order valence-electron chi connectivity index (χ2n) is 7.24. The van der Waals surface area contributed by atoms with E-state index in [0.29, 0.717) is 6.10 Å². The number of hydrogen-bond acceptors (Lipinski definition) is 1. The van der Waals surface area contributed by atoms with Gasteiger partial charge in [0.1, 0.15) is 0 Å². The Balaban J connectivity index is 1.64. The summed E-state index contributed by atoms with van der Waals surface area (Å²) in [4.78, 5) is 0. The number of hydrogen-bond donors (Lipinski definition) is 0. The quantitative estimate of drug-likeness (QED) is 0.405. The van der Waals surface area contributed by atoms with Crippen molar-refractivity contribution >= 4 is 0 Å². The highest BCUT2D eigenvalue weighted by atomic mass is 16.5. The van der Waals surface area contributed by atoms with Crippen LogP contribution in [0.5, 0.6) is 0 Å². The lowest BCUT2D eigenvalue weighted by atomic mass is 9.70. The monoisotopic (exact) mass is 292 g/mol. The molecule has 0 aromatic heterocycles. The van der Waals surface area contributed by atoms with E-state index in [9.17, 15) is 0 Å². The molecule has 0 unspecified atom stereocenters. The van der Waals surface area contributed by atoms with E-state index in [-0.39, 0.29) is 0 Å². The van der Waals surface area contributed by atoms with Crippen molar-refractivity contribution in [2.45, 2.75) is 90.6 Å². The van der Waals surface area contributed by atoms with Crippen LogP contribution < -0.4 is 0 Å². The van der Waals surface area contributed by atoms with Crippen molar-refractivity contribution in [2.24, 2.45) is 17.8 Å². The zero-order valence-corrected chi connectivity index (χ0v) is 14.4. The summed E-state index contributed by atoms with van der Waals surface area (Å²) in [6, 6.07) is 0. The number of allylic oxidation sites excluding steroid dienone is 2. The molecule has 0 atom stereocenters. The lowest BCUT2D eigenvalue weighted by molar-refractivity contribution is 0.0142. The fourth-order valence-corrected chi connectivity index (χ4v) is 4.38. The first kappa shape index (κ1) is 17.1. The van der Waals surface area contributed by atoms with E-state index in [0.717, 1.165) is 24.4 Å². The molecule has 0 aliphatic heterocycles. The molecule has 1 heteroatoms. The van der Waals surface area contributed by atoms with Gasteiger partial charge in [-0.25, -0.2) is 0 Å². The molecule has 0 bridgehead atoms. The van der Waals surface area contributed by atoms with E-state index >= 15 is 0 Å². The molecule has 0 amide bonds. The minimum atomic E-state index is 0.573. The molecule has 0 aromatic rings. The van der Waals surface area contributed by atoms with Gasteiger partial charge < -0.3 is 4.74 Å². The molecule has 2 aliphatic rings. The average Bonchev–Trinajstić information content (AvgIpc) is 2.53. The molecule has 0 radical (unpaired) electrons. The van der Waals surface area contributed by atoms with Gasteiger partial charge in [0.05, 0.1) is 6.10 Å². The Morgan fingerprint density at radius 1 is 0.857 bits per heavy atom. The molecule has 0 saturated heterocycles. The lowest BCUT2D eigenvalue weighted by Crippen LogP contribution is -2.28. The second-order valence-corrected chi connectivity index (χ2v) is 7.24. The van der Waals surface area contributed by atoms with Gasteiger partial charge in [0.15, 0.2) is 0 Å². The van der Waals surface area contributed by atoms with Gasteiger partial charge in [0.2, 0.25) is 0 Å². The van der Waals surface area contributed by atoms with Crippen LogP contribution in [0, 0.1) is 17.8 Å². The third kappa shape index (κ3) is 5.77. The number of rotatable bonds is 7. The molecule has 2 saturated carbocycles. The molecule has 2 rings (SSSR count). The first-order chi connectivity index (χ1) is 10.3. The van der Waals surface area contributed by atoms with Crippen LogP contribution in [-0.4, -0.2) is 12.7 Å². The van der Waals surface area contributed by atoms with Crippen LogP contribution in [0.25, 0.3) is 0 Å². The molecule has 0 heterocycles. The van der Waals surface area contributed by atoms with Crippen LogP contribution in [-0.2, 0) is 4.74 Å². The van der Waals surface area contributed by atoms with Gasteiger partial charge in [-0.15, -0.1) is 0 Å². The molecular weight excluding hydrogens is 256 g/mol. The Hall–Kier alpha value is -0.300. The molecule has 0 aromatic carbocycles. The van der Waals surface area contributed by atoms with Gasteiger partial charge >= 0.3 is 0 Å². The summed E-state index contributed by atoms with van der Waals surface area (Å²) < 4.78 is 5.79. The van der Waals surface area contributed by atoms with Crippen molar-refractivity contribution in [3.05, 3.63) is 12.2 Å². The van der Waals surface area contributed by atoms with E-state index in [1.807, 2.05) is 0 Å². The highest BCUT2D eigenvalue weighted by molar-refractivity contribution is 4.92. The van der Waals surface area contributed by atoms with Crippen LogP contribution in [0.2, 0.25) is 0 Å². The minimum absolute atomic E-state index is 0.573. The maximum Gasteiger partial charge on any atom is 0.0575 e. The van der Waals surface area contributed by atoms with Gasteiger partial charge in [-0.3, -0.25) is 0 Å². The van der Waals surface area contributed by atoms with Crippen molar-refractivity contribution < 1.29 is 4.74 Å². The SMILES string of the molecule is CCCC/C=C/C1CCC(C2CCC(OCC)CC2)CC1. The topological polar surface area (TPSA) is 9.23 Å². The summed E-state index contributed by atoms with van der Waals surface area (Å²) >= 11 is 0. The third-order valence-corrected chi connectivity index (χ3v) is 5.74. The van der Waals surface area contributed by atoms with E-state index in [2.05, 4.69) is 26.0 Å². The maximum absolute atomic E-state index is 5.79. The Labute approximate surface area is 132 Å². The normalized spacial score (nSPS) is 34.4. The fourth-order valence-electron chi connectivity index (χ4n) is 4.38. The predicted octanol–water partition coefficient (Wildman–Crippen LogP) is 6.13. The third-order valence-electron chi connectivity index (χ3n) is 5.74. The molecule has 1 nitrogen and oxygen atoms in total. The van der Waals surface area contributed by atoms with E-state index < -0.39 is 0 Å². The standard InChI is InChI=1S/C20H36O/c1-3-5-6-7-8-17-9-11-18(12-10-17)19-13-15-20(16-14-19)21-4-2/h7-8,17-20H,3-6,9-16H2,1-2H3/b8-7+. The Morgan fingerprint density at radius 2 is 1.48 bits per heavy atom. The first-order valence-corrected chi connectivity index (χ1v) is 9.61. The molecule has 122 valence electrons. The average molecular weight is 293 g/mol. The van der Waals surface area contributed by atoms with Gasteiger partial charge in [0, 0.05) is 6.61 Å².